The number of aliphatic hydroxyl groups is 1. The molecule has 0 spiro atoms. The van der Waals surface area contributed by atoms with Crippen molar-refractivity contribution in [3.8, 4) is 6.07 Å². The van der Waals surface area contributed by atoms with Gasteiger partial charge in [-0.2, -0.15) is 5.26 Å². The molecule has 0 atom stereocenters. The Hall–Kier alpha value is -1.86. The molecule has 2 rings (SSSR count). The molecule has 1 saturated carbocycles. The lowest BCUT2D eigenvalue weighted by Gasteiger charge is -2.26. The number of nitrogens with zero attached hydrogens (tertiary/aromatic N) is 1. The van der Waals surface area contributed by atoms with E-state index in [1.807, 2.05) is 6.07 Å². The highest BCUT2D eigenvalue weighted by atomic mass is 16.3. The first-order valence-corrected chi connectivity index (χ1v) is 6.58. The van der Waals surface area contributed by atoms with Crippen LogP contribution in [0.3, 0.4) is 0 Å². The van der Waals surface area contributed by atoms with Crippen LogP contribution in [0, 0.1) is 16.7 Å². The van der Waals surface area contributed by atoms with Gasteiger partial charge in [0.25, 0.3) is 5.91 Å². The van der Waals surface area contributed by atoms with Crippen LogP contribution >= 0.6 is 0 Å². The Bertz CT molecular complexity index is 482. The molecule has 0 heterocycles. The fraction of sp³-hybridized carbons (Fsp3) is 0.467. The summed E-state index contributed by atoms with van der Waals surface area (Å²) in [5.41, 5.74) is 0.951. The van der Waals surface area contributed by atoms with Crippen LogP contribution in [0.4, 0.5) is 0 Å². The molecule has 1 fully saturated rings. The monoisotopic (exact) mass is 258 g/mol. The van der Waals surface area contributed by atoms with Gasteiger partial charge in [-0.15, -0.1) is 0 Å². The van der Waals surface area contributed by atoms with Crippen LogP contribution in [0.2, 0.25) is 0 Å². The van der Waals surface area contributed by atoms with Crippen LogP contribution in [0.15, 0.2) is 24.3 Å². The number of carbonyl (C=O) groups excluding carboxylic acids is 1. The van der Waals surface area contributed by atoms with Crippen molar-refractivity contribution in [3.63, 3.8) is 0 Å². The van der Waals surface area contributed by atoms with Crippen molar-refractivity contribution in [1.82, 2.24) is 5.32 Å². The van der Waals surface area contributed by atoms with E-state index >= 15 is 0 Å². The van der Waals surface area contributed by atoms with Gasteiger partial charge in [-0.1, -0.05) is 12.8 Å². The molecule has 1 amide bonds. The van der Waals surface area contributed by atoms with Crippen molar-refractivity contribution < 1.29 is 9.90 Å². The number of hydrogen-bond donors (Lipinski definition) is 2. The predicted molar refractivity (Wildman–Crippen MR) is 71.5 cm³/mol. The molecule has 19 heavy (non-hydrogen) atoms. The van der Waals surface area contributed by atoms with Crippen LogP contribution < -0.4 is 5.32 Å². The first kappa shape index (κ1) is 13.6. The number of rotatable bonds is 4. The number of aliphatic hydroxyl groups excluding tert-OH is 1. The standard InChI is InChI=1S/C15H18N2O2/c16-9-12-3-5-13(6-4-12)14(19)17-10-15(11-18)7-1-2-8-15/h3-6,18H,1-2,7-8,10-11H2,(H,17,19). The van der Waals surface area contributed by atoms with Gasteiger partial charge in [0.1, 0.15) is 0 Å². The molecule has 0 radical (unpaired) electrons. The van der Waals surface area contributed by atoms with Crippen LogP contribution in [-0.4, -0.2) is 24.2 Å². The van der Waals surface area contributed by atoms with Gasteiger partial charge >= 0.3 is 0 Å². The highest BCUT2D eigenvalue weighted by Crippen LogP contribution is 2.36. The largest absolute Gasteiger partial charge is 0.396 e. The maximum absolute atomic E-state index is 12.0. The van der Waals surface area contributed by atoms with Gasteiger partial charge in [-0.05, 0) is 37.1 Å². The molecule has 1 aliphatic carbocycles. The van der Waals surface area contributed by atoms with E-state index in [9.17, 15) is 9.90 Å². The van der Waals surface area contributed by atoms with Gasteiger partial charge in [-0.25, -0.2) is 0 Å². The first-order valence-electron chi connectivity index (χ1n) is 6.58. The molecule has 1 aromatic rings. The molecular weight excluding hydrogens is 240 g/mol. The van der Waals surface area contributed by atoms with Crippen molar-refractivity contribution >= 4 is 5.91 Å². The minimum Gasteiger partial charge on any atom is -0.396 e. The molecule has 0 unspecified atom stereocenters. The summed E-state index contributed by atoms with van der Waals surface area (Å²) >= 11 is 0. The van der Waals surface area contributed by atoms with E-state index in [0.29, 0.717) is 17.7 Å². The summed E-state index contributed by atoms with van der Waals surface area (Å²) in [5, 5.41) is 21.1. The highest BCUT2D eigenvalue weighted by molar-refractivity contribution is 5.94. The van der Waals surface area contributed by atoms with Crippen LogP contribution in [0.5, 0.6) is 0 Å². The molecule has 1 aromatic carbocycles. The van der Waals surface area contributed by atoms with Crippen molar-refractivity contribution in [2.45, 2.75) is 25.7 Å². The van der Waals surface area contributed by atoms with Gasteiger partial charge in [0, 0.05) is 17.5 Å². The summed E-state index contributed by atoms with van der Waals surface area (Å²) in [4.78, 5) is 12.0. The van der Waals surface area contributed by atoms with Crippen molar-refractivity contribution in [2.75, 3.05) is 13.2 Å². The van der Waals surface area contributed by atoms with Crippen molar-refractivity contribution in [2.24, 2.45) is 5.41 Å². The lowest BCUT2D eigenvalue weighted by atomic mass is 9.87. The van der Waals surface area contributed by atoms with Gasteiger partial charge < -0.3 is 10.4 Å². The zero-order valence-electron chi connectivity index (χ0n) is 10.9. The molecule has 2 N–H and O–H groups in total. The first-order chi connectivity index (χ1) is 9.19. The van der Waals surface area contributed by atoms with E-state index in [1.54, 1.807) is 24.3 Å². The molecule has 0 aromatic heterocycles. The molecule has 100 valence electrons. The predicted octanol–water partition coefficient (Wildman–Crippen LogP) is 1.84. The minimum atomic E-state index is -0.149. The summed E-state index contributed by atoms with van der Waals surface area (Å²) in [7, 11) is 0. The Morgan fingerprint density at radius 2 is 1.95 bits per heavy atom. The Balaban J connectivity index is 1.95. The Morgan fingerprint density at radius 1 is 1.32 bits per heavy atom. The van der Waals surface area contributed by atoms with Gasteiger partial charge in [0.05, 0.1) is 18.2 Å². The summed E-state index contributed by atoms with van der Waals surface area (Å²) in [6.45, 7) is 0.642. The second-order valence-corrected chi connectivity index (χ2v) is 5.24. The average Bonchev–Trinajstić information content (AvgIpc) is 2.94. The lowest BCUT2D eigenvalue weighted by molar-refractivity contribution is 0.0880. The lowest BCUT2D eigenvalue weighted by Crippen LogP contribution is -2.38. The van der Waals surface area contributed by atoms with E-state index in [1.165, 1.54) is 0 Å². The van der Waals surface area contributed by atoms with Crippen LogP contribution in [-0.2, 0) is 0 Å². The summed E-state index contributed by atoms with van der Waals surface area (Å²) in [6, 6.07) is 8.58. The Labute approximate surface area is 113 Å². The normalized spacial score (nSPS) is 16.8. The quantitative estimate of drug-likeness (QED) is 0.865. The fourth-order valence-electron chi connectivity index (χ4n) is 2.58. The Morgan fingerprint density at radius 3 is 2.47 bits per heavy atom. The fourth-order valence-corrected chi connectivity index (χ4v) is 2.58. The molecule has 1 aliphatic rings. The zero-order valence-corrected chi connectivity index (χ0v) is 10.9. The zero-order chi connectivity index (χ0) is 13.7. The highest BCUT2D eigenvalue weighted by Gasteiger charge is 2.33. The molecule has 0 saturated heterocycles. The summed E-state index contributed by atoms with van der Waals surface area (Å²) in [6.07, 6.45) is 4.18. The number of hydrogen-bond acceptors (Lipinski definition) is 3. The second kappa shape index (κ2) is 5.85. The maximum atomic E-state index is 12.0. The number of nitrogens with one attached hydrogen (secondary N) is 1. The number of amides is 1. The summed E-state index contributed by atoms with van der Waals surface area (Å²) < 4.78 is 0. The second-order valence-electron chi connectivity index (χ2n) is 5.24. The van der Waals surface area contributed by atoms with Gasteiger partial charge in [0.2, 0.25) is 0 Å². The van der Waals surface area contributed by atoms with E-state index in [0.717, 1.165) is 25.7 Å². The molecule has 0 bridgehead atoms. The van der Waals surface area contributed by atoms with Crippen LogP contribution in [0.1, 0.15) is 41.6 Å². The third kappa shape index (κ3) is 3.12. The van der Waals surface area contributed by atoms with Gasteiger partial charge in [-0.3, -0.25) is 4.79 Å². The topological polar surface area (TPSA) is 73.1 Å². The van der Waals surface area contributed by atoms with Crippen molar-refractivity contribution in [1.29, 1.82) is 5.26 Å². The van der Waals surface area contributed by atoms with E-state index < -0.39 is 0 Å². The number of benzene rings is 1. The van der Waals surface area contributed by atoms with Crippen LogP contribution in [0.25, 0.3) is 0 Å². The van der Waals surface area contributed by atoms with E-state index in [-0.39, 0.29) is 17.9 Å². The number of carbonyl (C=O) groups is 1. The number of nitriles is 1. The van der Waals surface area contributed by atoms with E-state index in [2.05, 4.69) is 5.32 Å². The Kier molecular flexibility index (Phi) is 4.18. The third-order valence-corrected chi connectivity index (χ3v) is 3.90. The average molecular weight is 258 g/mol. The maximum Gasteiger partial charge on any atom is 0.251 e. The molecule has 4 nitrogen and oxygen atoms in total. The SMILES string of the molecule is N#Cc1ccc(C(=O)NCC2(CO)CCCC2)cc1. The third-order valence-electron chi connectivity index (χ3n) is 3.90. The molecule has 0 aliphatic heterocycles. The van der Waals surface area contributed by atoms with Crippen molar-refractivity contribution in [3.05, 3.63) is 35.4 Å². The smallest absolute Gasteiger partial charge is 0.251 e. The minimum absolute atomic E-state index is 0.126. The van der Waals surface area contributed by atoms with E-state index in [4.69, 9.17) is 5.26 Å². The van der Waals surface area contributed by atoms with Gasteiger partial charge in [0.15, 0.2) is 0 Å². The summed E-state index contributed by atoms with van der Waals surface area (Å²) in [5.74, 6) is -0.149. The molecule has 4 heteroatoms. The molecular formula is C15H18N2O2.